The Kier molecular flexibility index (Phi) is 4.59. The molecule has 2 aromatic heterocycles. The van der Waals surface area contributed by atoms with Gasteiger partial charge in [0.2, 0.25) is 0 Å². The van der Waals surface area contributed by atoms with Crippen LogP contribution in [-0.2, 0) is 5.60 Å². The van der Waals surface area contributed by atoms with E-state index < -0.39 is 5.60 Å². The van der Waals surface area contributed by atoms with Crippen LogP contribution in [0.5, 0.6) is 0 Å². The second-order valence-electron chi connectivity index (χ2n) is 5.45. The van der Waals surface area contributed by atoms with Gasteiger partial charge in [0, 0.05) is 10.6 Å². The molecule has 1 unspecified atom stereocenters. The summed E-state index contributed by atoms with van der Waals surface area (Å²) in [4.78, 5) is 12.8. The third-order valence-electron chi connectivity index (χ3n) is 3.46. The quantitative estimate of drug-likeness (QED) is 0.663. The largest absolute Gasteiger partial charge is 0.383 e. The van der Waals surface area contributed by atoms with Gasteiger partial charge in [-0.05, 0) is 42.6 Å². The van der Waals surface area contributed by atoms with E-state index in [1.54, 1.807) is 36.1 Å². The Hall–Kier alpha value is -2.71. The molecule has 3 rings (SSSR count). The van der Waals surface area contributed by atoms with Crippen LogP contribution in [0, 0.1) is 0 Å². The van der Waals surface area contributed by atoms with Crippen LogP contribution in [0.1, 0.15) is 11.8 Å². The third kappa shape index (κ3) is 3.79. The summed E-state index contributed by atoms with van der Waals surface area (Å²) in [5.41, 5.74) is 0.397. The number of urea groups is 1. The van der Waals surface area contributed by atoms with E-state index in [2.05, 4.69) is 20.9 Å². The number of hydrogen-bond donors (Lipinski definition) is 3. The standard InChI is InChI=1S/C16H17N5O2S/c1-16(23,14-3-2-10-24-14)11-17-15(22)19-12-4-6-13(7-5-12)21-9-8-18-20-21/h2-10,23H,11H2,1H3,(H2,17,19,22). The summed E-state index contributed by atoms with van der Waals surface area (Å²) in [5, 5.41) is 25.3. The Balaban J connectivity index is 1.55. The van der Waals surface area contributed by atoms with Gasteiger partial charge in [-0.15, -0.1) is 16.4 Å². The lowest BCUT2D eigenvalue weighted by Crippen LogP contribution is -2.40. The van der Waals surface area contributed by atoms with Crippen molar-refractivity contribution in [3.63, 3.8) is 0 Å². The summed E-state index contributed by atoms with van der Waals surface area (Å²) in [6.45, 7) is 1.79. The Bertz CT molecular complexity index is 783. The molecular formula is C16H17N5O2S. The second-order valence-corrected chi connectivity index (χ2v) is 6.40. The van der Waals surface area contributed by atoms with Gasteiger partial charge in [0.25, 0.3) is 0 Å². The SMILES string of the molecule is CC(O)(CNC(=O)Nc1ccc(-n2ccnn2)cc1)c1cccs1. The zero-order valence-electron chi connectivity index (χ0n) is 13.0. The van der Waals surface area contributed by atoms with Crippen molar-refractivity contribution in [2.75, 3.05) is 11.9 Å². The number of benzene rings is 1. The summed E-state index contributed by atoms with van der Waals surface area (Å²) >= 11 is 1.45. The van der Waals surface area contributed by atoms with E-state index in [4.69, 9.17) is 0 Å². The molecule has 0 fully saturated rings. The van der Waals surface area contributed by atoms with Gasteiger partial charge in [-0.3, -0.25) is 0 Å². The molecule has 124 valence electrons. The van der Waals surface area contributed by atoms with Crippen molar-refractivity contribution in [1.82, 2.24) is 20.3 Å². The first-order valence-electron chi connectivity index (χ1n) is 7.32. The Morgan fingerprint density at radius 1 is 1.33 bits per heavy atom. The number of thiophene rings is 1. The van der Waals surface area contributed by atoms with Crippen molar-refractivity contribution in [2.24, 2.45) is 0 Å². The number of amides is 2. The van der Waals surface area contributed by atoms with E-state index in [0.29, 0.717) is 5.69 Å². The van der Waals surface area contributed by atoms with Gasteiger partial charge in [-0.1, -0.05) is 11.3 Å². The first kappa shape index (κ1) is 16.2. The third-order valence-corrected chi connectivity index (χ3v) is 4.58. The van der Waals surface area contributed by atoms with E-state index in [1.807, 2.05) is 29.6 Å². The van der Waals surface area contributed by atoms with E-state index in [9.17, 15) is 9.90 Å². The number of aromatic nitrogens is 3. The highest BCUT2D eigenvalue weighted by atomic mass is 32.1. The van der Waals surface area contributed by atoms with Crippen molar-refractivity contribution in [2.45, 2.75) is 12.5 Å². The number of aliphatic hydroxyl groups is 1. The van der Waals surface area contributed by atoms with Gasteiger partial charge >= 0.3 is 6.03 Å². The first-order valence-corrected chi connectivity index (χ1v) is 8.20. The molecule has 1 atom stereocenters. The summed E-state index contributed by atoms with van der Waals surface area (Å²) < 4.78 is 1.63. The number of nitrogens with one attached hydrogen (secondary N) is 2. The highest BCUT2D eigenvalue weighted by Crippen LogP contribution is 2.24. The van der Waals surface area contributed by atoms with E-state index >= 15 is 0 Å². The highest BCUT2D eigenvalue weighted by Gasteiger charge is 2.24. The predicted octanol–water partition coefficient (Wildman–Crippen LogP) is 2.36. The van der Waals surface area contributed by atoms with Gasteiger partial charge in [0.1, 0.15) is 5.60 Å². The number of rotatable bonds is 5. The maximum Gasteiger partial charge on any atom is 0.319 e. The minimum atomic E-state index is -1.09. The number of carbonyl (C=O) groups is 1. The average Bonchev–Trinajstić information content (AvgIpc) is 3.27. The fraction of sp³-hybridized carbons (Fsp3) is 0.188. The minimum Gasteiger partial charge on any atom is -0.383 e. The maximum atomic E-state index is 12.0. The molecule has 2 heterocycles. The van der Waals surface area contributed by atoms with Gasteiger partial charge in [0.05, 0.1) is 24.6 Å². The molecular weight excluding hydrogens is 326 g/mol. The van der Waals surface area contributed by atoms with Gasteiger partial charge in [-0.2, -0.15) is 0 Å². The highest BCUT2D eigenvalue weighted by molar-refractivity contribution is 7.10. The van der Waals surface area contributed by atoms with Crippen LogP contribution >= 0.6 is 11.3 Å². The van der Waals surface area contributed by atoms with Crippen LogP contribution in [0.15, 0.2) is 54.2 Å². The molecule has 24 heavy (non-hydrogen) atoms. The number of carbonyl (C=O) groups excluding carboxylic acids is 1. The molecule has 0 bridgehead atoms. The molecule has 3 aromatic rings. The van der Waals surface area contributed by atoms with Crippen molar-refractivity contribution in [1.29, 1.82) is 0 Å². The van der Waals surface area contributed by atoms with Crippen LogP contribution in [0.2, 0.25) is 0 Å². The number of anilines is 1. The van der Waals surface area contributed by atoms with Crippen LogP contribution in [0.4, 0.5) is 10.5 Å². The van der Waals surface area contributed by atoms with E-state index in [0.717, 1.165) is 10.6 Å². The molecule has 0 saturated carbocycles. The van der Waals surface area contributed by atoms with Crippen LogP contribution in [-0.4, -0.2) is 32.7 Å². The fourth-order valence-electron chi connectivity index (χ4n) is 2.14. The molecule has 2 amide bonds. The lowest BCUT2D eigenvalue weighted by atomic mass is 10.1. The molecule has 0 aliphatic carbocycles. The van der Waals surface area contributed by atoms with Crippen LogP contribution in [0.25, 0.3) is 5.69 Å². The average molecular weight is 343 g/mol. The predicted molar refractivity (Wildman–Crippen MR) is 92.3 cm³/mol. The fourth-order valence-corrected chi connectivity index (χ4v) is 2.93. The van der Waals surface area contributed by atoms with Crippen LogP contribution < -0.4 is 10.6 Å². The number of hydrogen-bond acceptors (Lipinski definition) is 5. The summed E-state index contributed by atoms with van der Waals surface area (Å²) in [5.74, 6) is 0. The monoisotopic (exact) mass is 343 g/mol. The van der Waals surface area contributed by atoms with Crippen molar-refractivity contribution >= 4 is 23.1 Å². The molecule has 0 aliphatic rings. The summed E-state index contributed by atoms with van der Waals surface area (Å²) in [7, 11) is 0. The van der Waals surface area contributed by atoms with Gasteiger partial charge in [-0.25, -0.2) is 9.48 Å². The van der Waals surface area contributed by atoms with E-state index in [1.165, 1.54) is 11.3 Å². The Morgan fingerprint density at radius 3 is 2.75 bits per heavy atom. The molecule has 3 N–H and O–H groups in total. The first-order chi connectivity index (χ1) is 11.5. The Labute approximate surface area is 142 Å². The topological polar surface area (TPSA) is 92.1 Å². The van der Waals surface area contributed by atoms with Crippen molar-refractivity contribution in [3.8, 4) is 5.69 Å². The van der Waals surface area contributed by atoms with Gasteiger partial charge in [0.15, 0.2) is 0 Å². The van der Waals surface area contributed by atoms with Gasteiger partial charge < -0.3 is 15.7 Å². The molecule has 0 aliphatic heterocycles. The lowest BCUT2D eigenvalue weighted by molar-refractivity contribution is 0.0637. The maximum absolute atomic E-state index is 12.0. The molecule has 8 heteroatoms. The zero-order valence-corrected chi connectivity index (χ0v) is 13.8. The smallest absolute Gasteiger partial charge is 0.319 e. The zero-order chi connectivity index (χ0) is 17.0. The normalized spacial score (nSPS) is 13.2. The molecule has 1 aromatic carbocycles. The molecule has 0 saturated heterocycles. The summed E-state index contributed by atoms with van der Waals surface area (Å²) in [6.07, 6.45) is 3.33. The Morgan fingerprint density at radius 2 is 2.12 bits per heavy atom. The summed E-state index contributed by atoms with van der Waals surface area (Å²) in [6, 6.07) is 10.5. The minimum absolute atomic E-state index is 0.121. The number of nitrogens with zero attached hydrogens (tertiary/aromatic N) is 3. The molecule has 0 radical (unpaired) electrons. The molecule has 0 spiro atoms. The lowest BCUT2D eigenvalue weighted by Gasteiger charge is -2.22. The van der Waals surface area contributed by atoms with Crippen molar-refractivity contribution in [3.05, 3.63) is 59.0 Å². The van der Waals surface area contributed by atoms with E-state index in [-0.39, 0.29) is 12.6 Å². The van der Waals surface area contributed by atoms with Crippen molar-refractivity contribution < 1.29 is 9.90 Å². The second kappa shape index (κ2) is 6.81. The molecule has 7 nitrogen and oxygen atoms in total. The van der Waals surface area contributed by atoms with Crippen LogP contribution in [0.3, 0.4) is 0 Å².